The lowest BCUT2D eigenvalue weighted by atomic mass is 10.00. The molecular weight excluding hydrogens is 416 g/mol. The molecule has 2 heterocycles. The Bertz CT molecular complexity index is 1170. The monoisotopic (exact) mass is 448 g/mol. The van der Waals surface area contributed by atoms with Crippen LogP contribution in [0.3, 0.4) is 0 Å². The summed E-state index contributed by atoms with van der Waals surface area (Å²) in [5.74, 6) is 0.344. The maximum absolute atomic E-state index is 13.1. The summed E-state index contributed by atoms with van der Waals surface area (Å²) in [6.45, 7) is 4.94. The molecule has 7 heteroatoms. The van der Waals surface area contributed by atoms with Crippen LogP contribution in [-0.2, 0) is 0 Å². The van der Waals surface area contributed by atoms with Gasteiger partial charge in [-0.2, -0.15) is 9.78 Å². The van der Waals surface area contributed by atoms with Crippen LogP contribution in [0.4, 0.5) is 0 Å². The molecule has 1 aliphatic heterocycles. The Morgan fingerprint density at radius 1 is 1.15 bits per heavy atom. The molecule has 2 aromatic carbocycles. The van der Waals surface area contributed by atoms with Crippen LogP contribution in [0.2, 0.25) is 0 Å². The number of nitrogens with zero attached hydrogens (tertiary/aromatic N) is 3. The van der Waals surface area contributed by atoms with Crippen molar-refractivity contribution in [1.82, 2.24) is 20.0 Å². The molecule has 174 valence electrons. The predicted molar refractivity (Wildman–Crippen MR) is 130 cm³/mol. The van der Waals surface area contributed by atoms with Crippen LogP contribution in [0.1, 0.15) is 49.5 Å². The van der Waals surface area contributed by atoms with Gasteiger partial charge in [-0.1, -0.05) is 37.6 Å². The van der Waals surface area contributed by atoms with E-state index in [-0.39, 0.29) is 17.2 Å². The normalized spacial score (nSPS) is 16.6. The van der Waals surface area contributed by atoms with E-state index in [9.17, 15) is 9.59 Å². The smallest absolute Gasteiger partial charge is 0.279 e. The number of amides is 1. The van der Waals surface area contributed by atoms with Gasteiger partial charge in [-0.05, 0) is 50.4 Å². The fourth-order valence-electron chi connectivity index (χ4n) is 4.66. The number of piperidine rings is 1. The van der Waals surface area contributed by atoms with Gasteiger partial charge in [-0.25, -0.2) is 0 Å². The zero-order valence-electron chi connectivity index (χ0n) is 19.4. The average Bonchev–Trinajstić information content (AvgIpc) is 2.87. The largest absolute Gasteiger partial charge is 0.497 e. The molecule has 4 rings (SSSR count). The first-order valence-electron chi connectivity index (χ1n) is 11.8. The van der Waals surface area contributed by atoms with Gasteiger partial charge in [-0.3, -0.25) is 9.59 Å². The van der Waals surface area contributed by atoms with Gasteiger partial charge in [0, 0.05) is 30.6 Å². The number of hydrogen-bond acceptors (Lipinski definition) is 5. The van der Waals surface area contributed by atoms with Crippen LogP contribution in [0.25, 0.3) is 16.5 Å². The summed E-state index contributed by atoms with van der Waals surface area (Å²) in [4.78, 5) is 28.8. The van der Waals surface area contributed by atoms with Gasteiger partial charge >= 0.3 is 0 Å². The minimum atomic E-state index is -0.272. The third kappa shape index (κ3) is 5.09. The molecule has 1 amide bonds. The van der Waals surface area contributed by atoms with Crippen molar-refractivity contribution < 1.29 is 9.53 Å². The van der Waals surface area contributed by atoms with E-state index in [2.05, 4.69) is 22.2 Å². The summed E-state index contributed by atoms with van der Waals surface area (Å²) in [5.41, 5.74) is 0.526. The summed E-state index contributed by atoms with van der Waals surface area (Å²) in [7, 11) is 1.57. The lowest BCUT2D eigenvalue weighted by molar-refractivity contribution is 0.0942. The first-order chi connectivity index (χ1) is 16.1. The van der Waals surface area contributed by atoms with Crippen LogP contribution in [-0.4, -0.2) is 53.4 Å². The van der Waals surface area contributed by atoms with Gasteiger partial charge in [0.1, 0.15) is 5.75 Å². The van der Waals surface area contributed by atoms with Crippen molar-refractivity contribution >= 4 is 16.7 Å². The van der Waals surface area contributed by atoms with Gasteiger partial charge in [-0.15, -0.1) is 0 Å². The van der Waals surface area contributed by atoms with Crippen LogP contribution < -0.4 is 15.6 Å². The Morgan fingerprint density at radius 2 is 1.97 bits per heavy atom. The third-order valence-corrected chi connectivity index (χ3v) is 6.45. The van der Waals surface area contributed by atoms with E-state index in [4.69, 9.17) is 4.74 Å². The minimum absolute atomic E-state index is 0.248. The molecule has 1 N–H and O–H groups in total. The second-order valence-electron chi connectivity index (χ2n) is 8.52. The molecule has 3 aromatic rings. The lowest BCUT2D eigenvalue weighted by Crippen LogP contribution is -2.40. The maximum atomic E-state index is 13.1. The maximum Gasteiger partial charge on any atom is 0.279 e. The first kappa shape index (κ1) is 23.0. The molecule has 1 atom stereocenters. The van der Waals surface area contributed by atoms with Gasteiger partial charge in [0.05, 0.1) is 18.2 Å². The molecule has 1 unspecified atom stereocenters. The van der Waals surface area contributed by atoms with Crippen LogP contribution in [0.5, 0.6) is 5.75 Å². The Morgan fingerprint density at radius 3 is 2.76 bits per heavy atom. The predicted octanol–water partition coefficient (Wildman–Crippen LogP) is 3.78. The highest BCUT2D eigenvalue weighted by atomic mass is 16.5. The highest BCUT2D eigenvalue weighted by molar-refractivity contribution is 6.04. The molecule has 1 fully saturated rings. The van der Waals surface area contributed by atoms with Crippen LogP contribution in [0, 0.1) is 0 Å². The van der Waals surface area contributed by atoms with E-state index in [0.717, 1.165) is 19.5 Å². The number of hydrogen-bond donors (Lipinski definition) is 1. The second kappa shape index (κ2) is 10.6. The van der Waals surface area contributed by atoms with Gasteiger partial charge < -0.3 is 15.0 Å². The van der Waals surface area contributed by atoms with E-state index in [0.29, 0.717) is 34.8 Å². The minimum Gasteiger partial charge on any atom is -0.497 e. The molecular formula is C26H32N4O3. The molecule has 0 saturated carbocycles. The van der Waals surface area contributed by atoms with Crippen molar-refractivity contribution in [2.75, 3.05) is 26.7 Å². The van der Waals surface area contributed by atoms with Gasteiger partial charge in [0.15, 0.2) is 5.69 Å². The summed E-state index contributed by atoms with van der Waals surface area (Å²) >= 11 is 0. The Kier molecular flexibility index (Phi) is 7.40. The SMILES string of the molecule is CCC1CCCCN1CCCNC(=O)c1nn(-c2cccc(OC)c2)c(=O)c2ccccc12. The number of carbonyl (C=O) groups is 1. The molecule has 0 bridgehead atoms. The molecule has 0 radical (unpaired) electrons. The topological polar surface area (TPSA) is 76.5 Å². The summed E-state index contributed by atoms with van der Waals surface area (Å²) < 4.78 is 6.56. The molecule has 0 spiro atoms. The van der Waals surface area contributed by atoms with Crippen molar-refractivity contribution in [2.45, 2.75) is 45.1 Å². The Balaban J connectivity index is 1.54. The van der Waals surface area contributed by atoms with Crippen molar-refractivity contribution in [1.29, 1.82) is 0 Å². The van der Waals surface area contributed by atoms with E-state index in [1.807, 2.05) is 6.07 Å². The van der Waals surface area contributed by atoms with Gasteiger partial charge in [0.25, 0.3) is 11.5 Å². The van der Waals surface area contributed by atoms with Crippen LogP contribution >= 0.6 is 0 Å². The van der Waals surface area contributed by atoms with Crippen molar-refractivity contribution in [3.8, 4) is 11.4 Å². The Hall–Kier alpha value is -3.19. The van der Waals surface area contributed by atoms with E-state index < -0.39 is 0 Å². The average molecular weight is 449 g/mol. The number of methoxy groups -OCH3 is 1. The number of ether oxygens (including phenoxy) is 1. The van der Waals surface area contributed by atoms with Crippen LogP contribution in [0.15, 0.2) is 53.3 Å². The number of carbonyl (C=O) groups excluding carboxylic acids is 1. The number of aromatic nitrogens is 2. The van der Waals surface area contributed by atoms with Crippen molar-refractivity contribution in [3.63, 3.8) is 0 Å². The number of benzene rings is 2. The highest BCUT2D eigenvalue weighted by Crippen LogP contribution is 2.20. The third-order valence-electron chi connectivity index (χ3n) is 6.45. The lowest BCUT2D eigenvalue weighted by Gasteiger charge is -2.35. The summed E-state index contributed by atoms with van der Waals surface area (Å²) in [5, 5.41) is 8.50. The Labute approximate surface area is 194 Å². The highest BCUT2D eigenvalue weighted by Gasteiger charge is 2.21. The number of rotatable bonds is 8. The first-order valence-corrected chi connectivity index (χ1v) is 11.8. The van der Waals surface area contributed by atoms with E-state index in [1.54, 1.807) is 49.6 Å². The molecule has 7 nitrogen and oxygen atoms in total. The zero-order chi connectivity index (χ0) is 23.2. The van der Waals surface area contributed by atoms with E-state index >= 15 is 0 Å². The van der Waals surface area contributed by atoms with E-state index in [1.165, 1.54) is 30.4 Å². The molecule has 1 aliphatic rings. The van der Waals surface area contributed by atoms with Gasteiger partial charge in [0.2, 0.25) is 0 Å². The molecule has 0 aliphatic carbocycles. The molecule has 1 saturated heterocycles. The van der Waals surface area contributed by atoms with Crippen molar-refractivity contribution in [3.05, 3.63) is 64.6 Å². The van der Waals surface area contributed by atoms with Crippen molar-refractivity contribution in [2.24, 2.45) is 0 Å². The summed E-state index contributed by atoms with van der Waals surface area (Å²) in [6.07, 6.45) is 5.90. The fourth-order valence-corrected chi connectivity index (χ4v) is 4.66. The quantitative estimate of drug-likeness (QED) is 0.531. The molecule has 1 aromatic heterocycles. The summed E-state index contributed by atoms with van der Waals surface area (Å²) in [6, 6.07) is 14.9. The fraction of sp³-hybridized carbons (Fsp3) is 0.423. The standard InChI is InChI=1S/C26H32N4O3/c1-3-19-10-6-7-16-29(19)17-9-15-27-25(31)24-22-13-4-5-14-23(22)26(32)30(28-24)20-11-8-12-21(18-20)33-2/h4-5,8,11-14,18-19H,3,6-7,9-10,15-17H2,1-2H3,(H,27,31). The number of fused-ring (bicyclic) bond motifs is 1. The zero-order valence-corrected chi connectivity index (χ0v) is 19.4. The second-order valence-corrected chi connectivity index (χ2v) is 8.52. The molecule has 33 heavy (non-hydrogen) atoms. The number of likely N-dealkylation sites (tertiary alicyclic amines) is 1. The number of nitrogens with one attached hydrogen (secondary N) is 1.